The van der Waals surface area contributed by atoms with E-state index in [0.717, 1.165) is 33.6 Å². The van der Waals surface area contributed by atoms with Crippen LogP contribution in [0.15, 0.2) is 44.6 Å². The van der Waals surface area contributed by atoms with E-state index in [2.05, 4.69) is 5.16 Å². The largest absolute Gasteiger partial charge is 0.387 e. The highest BCUT2D eigenvalue weighted by Crippen LogP contribution is 2.51. The van der Waals surface area contributed by atoms with Crippen LogP contribution in [0.4, 0.5) is 0 Å². The maximum absolute atomic E-state index is 13.2. The number of hydrogen-bond donors (Lipinski definition) is 2. The Morgan fingerprint density at radius 3 is 2.69 bits per heavy atom. The van der Waals surface area contributed by atoms with E-state index in [9.17, 15) is 28.9 Å². The van der Waals surface area contributed by atoms with Gasteiger partial charge in [0.15, 0.2) is 19.8 Å². The van der Waals surface area contributed by atoms with Crippen molar-refractivity contribution in [3.8, 4) is 0 Å². The average Bonchev–Trinajstić information content (AvgIpc) is 3.29. The van der Waals surface area contributed by atoms with E-state index in [0.29, 0.717) is 16.7 Å². The van der Waals surface area contributed by atoms with E-state index in [1.807, 2.05) is 13.0 Å². The summed E-state index contributed by atoms with van der Waals surface area (Å²) in [4.78, 5) is 25.6. The fourth-order valence-corrected chi connectivity index (χ4v) is 6.29. The molecule has 0 radical (unpaired) electrons. The minimum Gasteiger partial charge on any atom is -0.387 e. The lowest BCUT2D eigenvalue weighted by molar-refractivity contribution is -0.0527. The van der Waals surface area contributed by atoms with Gasteiger partial charge in [-0.15, -0.1) is 0 Å². The molecule has 0 aliphatic carbocycles. The highest BCUT2D eigenvalue weighted by atomic mass is 31.2. The Morgan fingerprint density at radius 1 is 1.23 bits per heavy atom. The first kappa shape index (κ1) is 25.7. The minimum atomic E-state index is -3.69. The molecule has 2 N–H and O–H groups in total. The molecule has 0 amide bonds. The van der Waals surface area contributed by atoms with Gasteiger partial charge in [0.2, 0.25) is 0 Å². The molecule has 35 heavy (non-hydrogen) atoms. The van der Waals surface area contributed by atoms with Crippen molar-refractivity contribution in [3.05, 3.63) is 62.6 Å². The summed E-state index contributed by atoms with van der Waals surface area (Å²) in [5, 5.41) is 25.5. The molecule has 0 saturated carbocycles. The van der Waals surface area contributed by atoms with Crippen LogP contribution in [-0.4, -0.2) is 62.8 Å². The summed E-state index contributed by atoms with van der Waals surface area (Å²) in [6.07, 6.45) is -4.47. The second kappa shape index (κ2) is 9.94. The van der Waals surface area contributed by atoms with Crippen molar-refractivity contribution in [1.29, 1.82) is 0 Å². The molecular formula is C20H25N3O10P2. The van der Waals surface area contributed by atoms with Crippen LogP contribution in [0.3, 0.4) is 0 Å². The Hall–Kier alpha value is -2.37. The van der Waals surface area contributed by atoms with Gasteiger partial charge >= 0.3 is 13.3 Å². The Balaban J connectivity index is 1.58. The lowest BCUT2D eigenvalue weighted by Crippen LogP contribution is -2.43. The first-order valence-corrected chi connectivity index (χ1v) is 14.4. The molecule has 6 atom stereocenters. The standard InChI is InChI=1S/C20H25N3O10P2/c1-11-4-5-12-13(21-32-14(12)8-11)9-23-16(24)6-7-22(20(23)27)19-18(26)17(25)15(31-19)10-30-35(3,29)33-34(2)28/h4-8,15,17-19,25-26,34H,9-10H2,1-3H3/t15-,17+,18?,19-,35?/m1/s1. The highest BCUT2D eigenvalue weighted by Gasteiger charge is 2.45. The Bertz CT molecular complexity index is 1430. The summed E-state index contributed by atoms with van der Waals surface area (Å²) < 4.78 is 46.1. The molecule has 3 unspecified atom stereocenters. The zero-order valence-corrected chi connectivity index (χ0v) is 21.0. The molecule has 1 aromatic carbocycles. The number of nitrogens with zero attached hydrogens (tertiary/aromatic N) is 3. The Kier molecular flexibility index (Phi) is 7.31. The smallest absolute Gasteiger partial charge is 0.333 e. The summed E-state index contributed by atoms with van der Waals surface area (Å²) in [6.45, 7) is 3.59. The third kappa shape index (κ3) is 5.41. The lowest BCUT2D eigenvalue weighted by atomic mass is 10.1. The molecule has 1 aliphatic rings. The topological polar surface area (TPSA) is 172 Å². The number of aliphatic hydroxyl groups excluding tert-OH is 2. The van der Waals surface area contributed by atoms with Gasteiger partial charge in [0.1, 0.15) is 24.0 Å². The summed E-state index contributed by atoms with van der Waals surface area (Å²) in [7, 11) is -6.23. The zero-order chi connectivity index (χ0) is 25.5. The van der Waals surface area contributed by atoms with E-state index in [1.165, 1.54) is 6.66 Å². The predicted octanol–water partition coefficient (Wildman–Crippen LogP) is 1.09. The van der Waals surface area contributed by atoms with Crippen LogP contribution in [0.5, 0.6) is 0 Å². The van der Waals surface area contributed by atoms with Crippen LogP contribution in [-0.2, 0) is 29.2 Å². The van der Waals surface area contributed by atoms with Gasteiger partial charge in [-0.25, -0.2) is 4.79 Å². The monoisotopic (exact) mass is 529 g/mol. The lowest BCUT2D eigenvalue weighted by Gasteiger charge is -2.19. The molecular weight excluding hydrogens is 504 g/mol. The number of hydrogen-bond acceptors (Lipinski definition) is 11. The number of aromatic nitrogens is 3. The van der Waals surface area contributed by atoms with Crippen LogP contribution in [0.25, 0.3) is 11.0 Å². The fraction of sp³-hybridized carbons (Fsp3) is 0.450. The molecule has 0 bridgehead atoms. The molecule has 1 fully saturated rings. The maximum atomic E-state index is 13.2. The Labute approximate surface area is 199 Å². The third-order valence-corrected chi connectivity index (χ3v) is 8.46. The normalized spacial score (nSPS) is 25.1. The molecule has 3 aromatic rings. The number of ether oxygens (including phenoxy) is 1. The molecule has 1 aliphatic heterocycles. The number of benzene rings is 1. The summed E-state index contributed by atoms with van der Waals surface area (Å²) in [5.41, 5.74) is 0.410. The van der Waals surface area contributed by atoms with Crippen LogP contribution >= 0.6 is 15.6 Å². The van der Waals surface area contributed by atoms with E-state index in [4.69, 9.17) is 18.1 Å². The van der Waals surface area contributed by atoms with Crippen molar-refractivity contribution in [2.24, 2.45) is 0 Å². The molecule has 2 aromatic heterocycles. The zero-order valence-electron chi connectivity index (χ0n) is 19.1. The maximum Gasteiger partial charge on any atom is 0.333 e. The van der Waals surface area contributed by atoms with Crippen LogP contribution in [0.2, 0.25) is 0 Å². The molecule has 1 saturated heterocycles. The van der Waals surface area contributed by atoms with E-state index in [-0.39, 0.29) is 6.54 Å². The van der Waals surface area contributed by atoms with Crippen molar-refractivity contribution >= 4 is 26.6 Å². The van der Waals surface area contributed by atoms with Crippen LogP contribution in [0, 0.1) is 6.92 Å². The van der Waals surface area contributed by atoms with Crippen LogP contribution in [0.1, 0.15) is 17.5 Å². The van der Waals surface area contributed by atoms with Crippen molar-refractivity contribution in [1.82, 2.24) is 14.3 Å². The highest BCUT2D eigenvalue weighted by molar-refractivity contribution is 7.61. The first-order chi connectivity index (χ1) is 16.5. The summed E-state index contributed by atoms with van der Waals surface area (Å²) >= 11 is 0. The third-order valence-electron chi connectivity index (χ3n) is 5.48. The van der Waals surface area contributed by atoms with Gasteiger partial charge in [0.25, 0.3) is 5.56 Å². The number of aliphatic hydroxyl groups is 2. The van der Waals surface area contributed by atoms with Gasteiger partial charge in [-0.1, -0.05) is 11.2 Å². The summed E-state index contributed by atoms with van der Waals surface area (Å²) in [6, 6.07) is 6.53. The van der Waals surface area contributed by atoms with Gasteiger partial charge in [0.05, 0.1) is 13.2 Å². The van der Waals surface area contributed by atoms with Gasteiger partial charge < -0.3 is 24.0 Å². The van der Waals surface area contributed by atoms with Gasteiger partial charge in [-0.05, 0) is 24.6 Å². The minimum absolute atomic E-state index is 0.195. The van der Waals surface area contributed by atoms with E-state index < -0.39 is 58.0 Å². The van der Waals surface area contributed by atoms with Crippen molar-refractivity contribution in [2.45, 2.75) is 38.0 Å². The van der Waals surface area contributed by atoms with Crippen molar-refractivity contribution in [2.75, 3.05) is 19.9 Å². The van der Waals surface area contributed by atoms with Crippen LogP contribution < -0.4 is 11.2 Å². The van der Waals surface area contributed by atoms with Crippen molar-refractivity contribution < 1.29 is 37.4 Å². The molecule has 13 nitrogen and oxygen atoms in total. The van der Waals surface area contributed by atoms with Gasteiger partial charge in [-0.2, -0.15) is 0 Å². The molecule has 3 heterocycles. The van der Waals surface area contributed by atoms with Gasteiger partial charge in [0, 0.05) is 31.0 Å². The van der Waals surface area contributed by atoms with E-state index >= 15 is 0 Å². The number of rotatable bonds is 8. The first-order valence-electron chi connectivity index (χ1n) is 10.6. The molecule has 4 rings (SSSR count). The number of fused-ring (bicyclic) bond motifs is 1. The fourth-order valence-electron chi connectivity index (χ4n) is 3.80. The molecule has 15 heteroatoms. The number of aryl methyl sites for hydroxylation is 1. The van der Waals surface area contributed by atoms with Crippen molar-refractivity contribution in [3.63, 3.8) is 0 Å². The second-order valence-corrected chi connectivity index (χ2v) is 11.8. The quantitative estimate of drug-likeness (QED) is 0.400. The van der Waals surface area contributed by atoms with E-state index in [1.54, 1.807) is 12.1 Å². The Morgan fingerprint density at radius 2 is 1.97 bits per heavy atom. The average molecular weight is 529 g/mol. The molecule has 0 spiro atoms. The second-order valence-electron chi connectivity index (χ2n) is 8.26. The predicted molar refractivity (Wildman–Crippen MR) is 124 cm³/mol. The van der Waals surface area contributed by atoms with Gasteiger partial charge in [-0.3, -0.25) is 27.4 Å². The summed E-state index contributed by atoms with van der Waals surface area (Å²) in [5.74, 6) is 0. The SMILES string of the molecule is Cc1ccc2c(Cn3c(=O)ccn([C@@H]4O[C@H](COP(C)(=O)O[PH](C)=O)[C@H](O)C4O)c3=O)noc2c1. The molecule has 190 valence electrons.